The second kappa shape index (κ2) is 5.38. The molecular weight excluding hydrogens is 336 g/mol. The van der Waals surface area contributed by atoms with Crippen LogP contribution in [0.1, 0.15) is 4.88 Å². The van der Waals surface area contributed by atoms with Gasteiger partial charge in [0.1, 0.15) is 12.1 Å². The number of nitrogen functional groups attached to an aromatic ring is 1. The zero-order chi connectivity index (χ0) is 14.1. The van der Waals surface area contributed by atoms with Crippen molar-refractivity contribution in [1.82, 2.24) is 9.97 Å². The van der Waals surface area contributed by atoms with E-state index >= 15 is 0 Å². The number of fused-ring (bicyclic) bond motifs is 1. The van der Waals surface area contributed by atoms with Gasteiger partial charge in [0.05, 0.1) is 12.1 Å². The Hall–Kier alpha value is -1.66. The predicted octanol–water partition coefficient (Wildman–Crippen LogP) is 3.67. The molecule has 0 amide bonds. The van der Waals surface area contributed by atoms with Crippen LogP contribution in [0.5, 0.6) is 0 Å². The number of hydrogen-bond acceptors (Lipinski definition) is 5. The standard InChI is InChI=1S/C14H13BrN4S/c1-19(6-11-4-9(15)7-20-11)14-12-5-10(16)2-3-13(12)17-8-18-14/h2-5,7-8H,6,16H2,1H3. The average Bonchev–Trinajstić information content (AvgIpc) is 2.83. The third kappa shape index (κ3) is 2.62. The van der Waals surface area contributed by atoms with Crippen LogP contribution in [0.25, 0.3) is 10.9 Å². The van der Waals surface area contributed by atoms with E-state index in [-0.39, 0.29) is 0 Å². The number of nitrogens with zero attached hydrogens (tertiary/aromatic N) is 3. The Morgan fingerprint density at radius 1 is 1.30 bits per heavy atom. The van der Waals surface area contributed by atoms with Crippen molar-refractivity contribution in [2.45, 2.75) is 6.54 Å². The van der Waals surface area contributed by atoms with E-state index < -0.39 is 0 Å². The molecule has 6 heteroatoms. The third-order valence-corrected chi connectivity index (χ3v) is 4.70. The van der Waals surface area contributed by atoms with Gasteiger partial charge in [-0.2, -0.15) is 0 Å². The van der Waals surface area contributed by atoms with Crippen molar-refractivity contribution in [2.24, 2.45) is 0 Å². The van der Waals surface area contributed by atoms with Crippen LogP contribution < -0.4 is 10.6 Å². The molecule has 0 radical (unpaired) electrons. The number of aromatic nitrogens is 2. The van der Waals surface area contributed by atoms with Gasteiger partial charge in [0.25, 0.3) is 0 Å². The van der Waals surface area contributed by atoms with Crippen LogP contribution in [0.3, 0.4) is 0 Å². The molecule has 0 bridgehead atoms. The van der Waals surface area contributed by atoms with E-state index in [1.807, 2.05) is 25.2 Å². The summed E-state index contributed by atoms with van der Waals surface area (Å²) in [5.41, 5.74) is 7.50. The van der Waals surface area contributed by atoms with Crippen molar-refractivity contribution in [1.29, 1.82) is 0 Å². The number of rotatable bonds is 3. The highest BCUT2D eigenvalue weighted by Crippen LogP contribution is 2.27. The molecule has 0 atom stereocenters. The van der Waals surface area contributed by atoms with Gasteiger partial charge < -0.3 is 10.6 Å². The van der Waals surface area contributed by atoms with Gasteiger partial charge in [-0.3, -0.25) is 0 Å². The highest BCUT2D eigenvalue weighted by atomic mass is 79.9. The molecule has 4 nitrogen and oxygen atoms in total. The molecule has 0 saturated carbocycles. The zero-order valence-electron chi connectivity index (χ0n) is 10.9. The Morgan fingerprint density at radius 3 is 2.90 bits per heavy atom. The summed E-state index contributed by atoms with van der Waals surface area (Å²) < 4.78 is 1.11. The van der Waals surface area contributed by atoms with Crippen molar-refractivity contribution in [3.8, 4) is 0 Å². The topological polar surface area (TPSA) is 55.0 Å². The molecule has 0 fully saturated rings. The smallest absolute Gasteiger partial charge is 0.140 e. The summed E-state index contributed by atoms with van der Waals surface area (Å²) in [6.45, 7) is 0.803. The fourth-order valence-electron chi connectivity index (χ4n) is 2.11. The van der Waals surface area contributed by atoms with Crippen molar-refractivity contribution in [3.05, 3.63) is 45.3 Å². The van der Waals surface area contributed by atoms with E-state index in [0.717, 1.165) is 33.4 Å². The molecule has 2 aromatic heterocycles. The fourth-order valence-corrected chi connectivity index (χ4v) is 3.61. The zero-order valence-corrected chi connectivity index (χ0v) is 13.3. The van der Waals surface area contributed by atoms with E-state index in [0.29, 0.717) is 0 Å². The van der Waals surface area contributed by atoms with Crippen molar-refractivity contribution >= 4 is 49.7 Å². The molecule has 20 heavy (non-hydrogen) atoms. The number of benzene rings is 1. The lowest BCUT2D eigenvalue weighted by Crippen LogP contribution is -2.17. The summed E-state index contributed by atoms with van der Waals surface area (Å²) in [6.07, 6.45) is 1.59. The Balaban J connectivity index is 1.98. The minimum absolute atomic E-state index is 0.723. The number of halogens is 1. The van der Waals surface area contributed by atoms with Crippen LogP contribution in [0.15, 0.2) is 40.4 Å². The first-order chi connectivity index (χ1) is 9.63. The van der Waals surface area contributed by atoms with Crippen LogP contribution in [-0.4, -0.2) is 17.0 Å². The normalized spacial score (nSPS) is 10.9. The van der Waals surface area contributed by atoms with Crippen LogP contribution in [0, 0.1) is 0 Å². The summed E-state index contributed by atoms with van der Waals surface area (Å²) >= 11 is 5.20. The minimum Gasteiger partial charge on any atom is -0.399 e. The predicted molar refractivity (Wildman–Crippen MR) is 88.1 cm³/mol. The van der Waals surface area contributed by atoms with Crippen molar-refractivity contribution in [2.75, 3.05) is 17.7 Å². The molecule has 0 aliphatic carbocycles. The molecule has 0 unspecified atom stereocenters. The maximum Gasteiger partial charge on any atom is 0.140 e. The second-order valence-corrected chi connectivity index (χ2v) is 6.47. The lowest BCUT2D eigenvalue weighted by molar-refractivity contribution is 0.914. The first-order valence-electron chi connectivity index (χ1n) is 6.08. The largest absolute Gasteiger partial charge is 0.399 e. The summed E-state index contributed by atoms with van der Waals surface area (Å²) in [5, 5.41) is 3.06. The molecule has 1 aromatic carbocycles. The molecule has 0 aliphatic heterocycles. The molecule has 0 aliphatic rings. The summed E-state index contributed by atoms with van der Waals surface area (Å²) in [4.78, 5) is 12.1. The molecule has 2 N–H and O–H groups in total. The molecule has 102 valence electrons. The van der Waals surface area contributed by atoms with E-state index in [1.54, 1.807) is 17.7 Å². The second-order valence-electron chi connectivity index (χ2n) is 4.56. The van der Waals surface area contributed by atoms with Crippen LogP contribution >= 0.6 is 27.3 Å². The Morgan fingerprint density at radius 2 is 2.15 bits per heavy atom. The monoisotopic (exact) mass is 348 g/mol. The third-order valence-electron chi connectivity index (χ3n) is 3.01. The maximum atomic E-state index is 5.87. The average molecular weight is 349 g/mol. The number of hydrogen-bond donors (Lipinski definition) is 1. The van der Waals surface area contributed by atoms with E-state index in [9.17, 15) is 0 Å². The Bertz CT molecular complexity index is 756. The highest BCUT2D eigenvalue weighted by molar-refractivity contribution is 9.10. The van der Waals surface area contributed by atoms with Crippen molar-refractivity contribution < 1.29 is 0 Å². The molecular formula is C14H13BrN4S. The first-order valence-corrected chi connectivity index (χ1v) is 7.75. The van der Waals surface area contributed by atoms with E-state index in [4.69, 9.17) is 5.73 Å². The summed E-state index contributed by atoms with van der Waals surface area (Å²) in [6, 6.07) is 7.82. The molecule has 3 rings (SSSR count). The number of nitrogens with two attached hydrogens (primary N) is 1. The Kier molecular flexibility index (Phi) is 3.58. The van der Waals surface area contributed by atoms with Crippen LogP contribution in [-0.2, 0) is 6.54 Å². The van der Waals surface area contributed by atoms with Gasteiger partial charge in [-0.1, -0.05) is 0 Å². The van der Waals surface area contributed by atoms with Gasteiger partial charge in [-0.05, 0) is 40.2 Å². The van der Waals surface area contributed by atoms with Crippen LogP contribution in [0.4, 0.5) is 11.5 Å². The van der Waals surface area contributed by atoms with Gasteiger partial charge in [0.15, 0.2) is 0 Å². The number of anilines is 2. The molecule has 2 heterocycles. The van der Waals surface area contributed by atoms with Gasteiger partial charge in [0.2, 0.25) is 0 Å². The first kappa shape index (κ1) is 13.3. The molecule has 0 saturated heterocycles. The van der Waals surface area contributed by atoms with Gasteiger partial charge in [-0.25, -0.2) is 9.97 Å². The van der Waals surface area contributed by atoms with Crippen LogP contribution in [0.2, 0.25) is 0 Å². The van der Waals surface area contributed by atoms with Gasteiger partial charge in [0, 0.05) is 32.9 Å². The summed E-state index contributed by atoms with van der Waals surface area (Å²) in [5.74, 6) is 0.895. The highest BCUT2D eigenvalue weighted by Gasteiger charge is 2.10. The maximum absolute atomic E-state index is 5.87. The summed E-state index contributed by atoms with van der Waals surface area (Å²) in [7, 11) is 2.03. The van der Waals surface area contributed by atoms with Gasteiger partial charge >= 0.3 is 0 Å². The van der Waals surface area contributed by atoms with Gasteiger partial charge in [-0.15, -0.1) is 11.3 Å². The van der Waals surface area contributed by atoms with E-state index in [2.05, 4.69) is 42.2 Å². The number of thiophene rings is 1. The minimum atomic E-state index is 0.723. The Labute approximate surface area is 129 Å². The lowest BCUT2D eigenvalue weighted by Gasteiger charge is -2.18. The SMILES string of the molecule is CN(Cc1cc(Br)cs1)c1ncnc2ccc(N)cc12. The quantitative estimate of drug-likeness (QED) is 0.733. The fraction of sp³-hybridized carbons (Fsp3) is 0.143. The molecule has 0 spiro atoms. The van der Waals surface area contributed by atoms with E-state index in [1.165, 1.54) is 4.88 Å². The lowest BCUT2D eigenvalue weighted by atomic mass is 10.2. The molecule has 3 aromatic rings. The van der Waals surface area contributed by atoms with Crippen molar-refractivity contribution in [3.63, 3.8) is 0 Å².